The van der Waals surface area contributed by atoms with Gasteiger partial charge in [0.05, 0.1) is 12.2 Å². The number of aliphatic hydroxyl groups excluding tert-OH is 1. The summed E-state index contributed by atoms with van der Waals surface area (Å²) in [5.41, 5.74) is 0. The van der Waals surface area contributed by atoms with Gasteiger partial charge in [-0.3, -0.25) is 9.80 Å². The lowest BCUT2D eigenvalue weighted by Gasteiger charge is -2.48. The van der Waals surface area contributed by atoms with E-state index in [4.69, 9.17) is 9.47 Å². The Balaban J connectivity index is 5.16. The highest BCUT2D eigenvalue weighted by Gasteiger charge is 2.46. The van der Waals surface area contributed by atoms with Gasteiger partial charge in [-0.05, 0) is 55.9 Å². The molecule has 1 N–H and O–H groups in total. The molecule has 0 aliphatic carbocycles. The van der Waals surface area contributed by atoms with Crippen molar-refractivity contribution >= 4 is 0 Å². The van der Waals surface area contributed by atoms with Gasteiger partial charge < -0.3 is 14.6 Å². The molecular formula is C12H28N2O3. The average Bonchev–Trinajstić information content (AvgIpc) is 2.10. The largest absolute Gasteiger partial charge is 0.363 e. The molecule has 0 fully saturated rings. The number of hydrogen-bond acceptors (Lipinski definition) is 5. The van der Waals surface area contributed by atoms with Crippen LogP contribution in [0.3, 0.4) is 0 Å². The Kier molecular flexibility index (Phi) is 6.58. The van der Waals surface area contributed by atoms with Crippen LogP contribution in [-0.4, -0.2) is 67.4 Å². The van der Waals surface area contributed by atoms with Crippen molar-refractivity contribution in [3.8, 4) is 0 Å². The average molecular weight is 248 g/mol. The molecule has 0 saturated heterocycles. The molecule has 0 radical (unpaired) electrons. The number of likely N-dealkylation sites (N-methyl/N-ethyl adjacent to an activating group) is 2. The topological polar surface area (TPSA) is 45.2 Å². The lowest BCUT2D eigenvalue weighted by Crippen LogP contribution is -2.66. The summed E-state index contributed by atoms with van der Waals surface area (Å²) in [4.78, 5) is 3.64. The first-order valence-corrected chi connectivity index (χ1v) is 6.00. The molecule has 0 aromatic carbocycles. The summed E-state index contributed by atoms with van der Waals surface area (Å²) in [5, 5.41) is 10.3. The Hall–Kier alpha value is -0.200. The lowest BCUT2D eigenvalue weighted by atomic mass is 10.3. The van der Waals surface area contributed by atoms with Gasteiger partial charge in [-0.15, -0.1) is 0 Å². The molecule has 0 aromatic heterocycles. The summed E-state index contributed by atoms with van der Waals surface area (Å²) in [6.07, 6.45) is -1.14. The molecule has 17 heavy (non-hydrogen) atoms. The fraction of sp³-hybridized carbons (Fsp3) is 1.00. The van der Waals surface area contributed by atoms with Crippen molar-refractivity contribution in [3.63, 3.8) is 0 Å². The second-order valence-electron chi connectivity index (χ2n) is 5.15. The highest BCUT2D eigenvalue weighted by atomic mass is 16.7. The standard InChI is InChI=1S/C12H28N2O3/c1-9(2)16-11(15)12(13(5)6,14(7)8)17-10(3)4/h9-11,15H,1-8H3. The Morgan fingerprint density at radius 1 is 0.882 bits per heavy atom. The molecule has 0 amide bonds. The van der Waals surface area contributed by atoms with E-state index in [-0.39, 0.29) is 12.2 Å². The van der Waals surface area contributed by atoms with E-state index in [1.165, 1.54) is 0 Å². The summed E-state index contributed by atoms with van der Waals surface area (Å²) in [7, 11) is 7.43. The fourth-order valence-corrected chi connectivity index (χ4v) is 1.80. The predicted molar refractivity (Wildman–Crippen MR) is 68.6 cm³/mol. The van der Waals surface area contributed by atoms with Gasteiger partial charge in [0.15, 0.2) is 0 Å². The van der Waals surface area contributed by atoms with Crippen molar-refractivity contribution < 1.29 is 14.6 Å². The van der Waals surface area contributed by atoms with Crippen molar-refractivity contribution in [2.75, 3.05) is 28.2 Å². The third-order valence-electron chi connectivity index (χ3n) is 2.41. The van der Waals surface area contributed by atoms with Gasteiger partial charge in [0.2, 0.25) is 12.1 Å². The molecule has 0 aromatic rings. The number of nitrogens with zero attached hydrogens (tertiary/aromatic N) is 2. The second-order valence-corrected chi connectivity index (χ2v) is 5.15. The monoisotopic (exact) mass is 248 g/mol. The van der Waals surface area contributed by atoms with Gasteiger partial charge in [-0.2, -0.15) is 0 Å². The molecule has 0 aliphatic rings. The van der Waals surface area contributed by atoms with E-state index in [9.17, 15) is 5.11 Å². The van der Waals surface area contributed by atoms with Crippen LogP contribution in [0, 0.1) is 0 Å². The van der Waals surface area contributed by atoms with Gasteiger partial charge in [0.1, 0.15) is 0 Å². The minimum atomic E-state index is -1.05. The predicted octanol–water partition coefficient (Wildman–Crippen LogP) is 0.932. The molecule has 0 saturated carbocycles. The van der Waals surface area contributed by atoms with E-state index in [2.05, 4.69) is 0 Å². The van der Waals surface area contributed by atoms with E-state index in [1.54, 1.807) is 0 Å². The van der Waals surface area contributed by atoms with Gasteiger partial charge in [0.25, 0.3) is 0 Å². The summed E-state index contributed by atoms with van der Waals surface area (Å²) in [6, 6.07) is 0. The van der Waals surface area contributed by atoms with Crippen molar-refractivity contribution in [1.82, 2.24) is 9.80 Å². The van der Waals surface area contributed by atoms with Crippen LogP contribution >= 0.6 is 0 Å². The first-order valence-electron chi connectivity index (χ1n) is 6.00. The molecule has 104 valence electrons. The summed E-state index contributed by atoms with van der Waals surface area (Å²) >= 11 is 0. The maximum atomic E-state index is 10.3. The maximum absolute atomic E-state index is 10.3. The van der Waals surface area contributed by atoms with Crippen molar-refractivity contribution in [2.24, 2.45) is 0 Å². The number of aliphatic hydroxyl groups is 1. The molecule has 5 nitrogen and oxygen atoms in total. The highest BCUT2D eigenvalue weighted by Crippen LogP contribution is 2.25. The lowest BCUT2D eigenvalue weighted by molar-refractivity contribution is -0.349. The van der Waals surface area contributed by atoms with Crippen LogP contribution in [0.1, 0.15) is 27.7 Å². The minimum absolute atomic E-state index is 0.0230. The third kappa shape index (κ3) is 4.19. The summed E-state index contributed by atoms with van der Waals surface area (Å²) in [5.74, 6) is -0.988. The van der Waals surface area contributed by atoms with Gasteiger partial charge in [-0.1, -0.05) is 0 Å². The van der Waals surface area contributed by atoms with E-state index in [1.807, 2.05) is 65.7 Å². The van der Waals surface area contributed by atoms with Gasteiger partial charge in [0, 0.05) is 0 Å². The highest BCUT2D eigenvalue weighted by molar-refractivity contribution is 4.79. The molecule has 0 bridgehead atoms. The molecule has 0 heterocycles. The fourth-order valence-electron chi connectivity index (χ4n) is 1.80. The molecule has 0 rings (SSSR count). The van der Waals surface area contributed by atoms with Crippen LogP contribution in [0.2, 0.25) is 0 Å². The smallest absolute Gasteiger partial charge is 0.232 e. The maximum Gasteiger partial charge on any atom is 0.232 e. The number of ether oxygens (including phenoxy) is 2. The Labute approximate surface area is 105 Å². The zero-order valence-electron chi connectivity index (χ0n) is 12.4. The normalized spacial score (nSPS) is 15.4. The molecule has 5 heteroatoms. The molecule has 1 unspecified atom stereocenters. The molecule has 0 aliphatic heterocycles. The van der Waals surface area contributed by atoms with E-state index >= 15 is 0 Å². The Morgan fingerprint density at radius 3 is 1.53 bits per heavy atom. The van der Waals surface area contributed by atoms with Crippen LogP contribution in [0.25, 0.3) is 0 Å². The minimum Gasteiger partial charge on any atom is -0.363 e. The number of hydrogen-bond donors (Lipinski definition) is 1. The van der Waals surface area contributed by atoms with E-state index < -0.39 is 12.1 Å². The SMILES string of the molecule is CC(C)OC(O)C(OC(C)C)(N(C)C)N(C)C. The van der Waals surface area contributed by atoms with Crippen LogP contribution in [-0.2, 0) is 9.47 Å². The van der Waals surface area contributed by atoms with E-state index in [0.717, 1.165) is 0 Å². The number of rotatable bonds is 7. The second kappa shape index (κ2) is 6.66. The van der Waals surface area contributed by atoms with Gasteiger partial charge in [-0.25, -0.2) is 0 Å². The van der Waals surface area contributed by atoms with Crippen LogP contribution in [0.4, 0.5) is 0 Å². The van der Waals surface area contributed by atoms with Crippen molar-refractivity contribution in [3.05, 3.63) is 0 Å². The molecule has 1 atom stereocenters. The quantitative estimate of drug-likeness (QED) is 0.679. The van der Waals surface area contributed by atoms with E-state index in [0.29, 0.717) is 0 Å². The Morgan fingerprint density at radius 2 is 1.29 bits per heavy atom. The summed E-state index contributed by atoms with van der Waals surface area (Å²) < 4.78 is 11.4. The van der Waals surface area contributed by atoms with Crippen LogP contribution in [0.15, 0.2) is 0 Å². The summed E-state index contributed by atoms with van der Waals surface area (Å²) in [6.45, 7) is 7.64. The molecule has 0 spiro atoms. The third-order valence-corrected chi connectivity index (χ3v) is 2.41. The molecular weight excluding hydrogens is 220 g/mol. The van der Waals surface area contributed by atoms with Crippen molar-refractivity contribution in [1.29, 1.82) is 0 Å². The van der Waals surface area contributed by atoms with Crippen LogP contribution < -0.4 is 0 Å². The van der Waals surface area contributed by atoms with Crippen molar-refractivity contribution in [2.45, 2.75) is 52.0 Å². The van der Waals surface area contributed by atoms with Gasteiger partial charge >= 0.3 is 0 Å². The Bertz CT molecular complexity index is 210. The first kappa shape index (κ1) is 16.8. The zero-order chi connectivity index (χ0) is 13.8. The first-order chi connectivity index (χ1) is 7.64. The zero-order valence-corrected chi connectivity index (χ0v) is 12.4. The van der Waals surface area contributed by atoms with Crippen LogP contribution in [0.5, 0.6) is 0 Å².